The van der Waals surface area contributed by atoms with E-state index in [0.717, 1.165) is 6.26 Å². The van der Waals surface area contributed by atoms with E-state index in [-0.39, 0.29) is 12.8 Å². The molecule has 0 unspecified atom stereocenters. The monoisotopic (exact) mass is 250 g/mol. The van der Waals surface area contributed by atoms with E-state index in [4.69, 9.17) is 10.2 Å². The highest BCUT2D eigenvalue weighted by molar-refractivity contribution is 7.92. The Kier molecular flexibility index (Phi) is 3.02. The molecule has 0 radical (unpaired) electrons. The molecule has 7 heteroatoms. The molecular weight excluding hydrogens is 236 g/mol. The number of carbonyl (C=O) groups is 2. The smallest absolute Gasteiger partial charge is 0.325 e. The van der Waals surface area contributed by atoms with Crippen molar-refractivity contribution in [2.45, 2.75) is 24.5 Å². The molecule has 1 rings (SSSR count). The van der Waals surface area contributed by atoms with Crippen molar-refractivity contribution in [3.63, 3.8) is 0 Å². The number of hydrogen-bond donors (Lipinski definition) is 2. The molecule has 0 heterocycles. The molecule has 0 aromatic carbocycles. The van der Waals surface area contributed by atoms with Gasteiger partial charge in [-0.25, -0.2) is 8.42 Å². The van der Waals surface area contributed by atoms with Crippen LogP contribution in [0, 0.1) is 11.8 Å². The van der Waals surface area contributed by atoms with Crippen molar-refractivity contribution in [3.8, 4) is 0 Å². The molecule has 6 nitrogen and oxygen atoms in total. The van der Waals surface area contributed by atoms with Crippen LogP contribution in [0.15, 0.2) is 0 Å². The van der Waals surface area contributed by atoms with Crippen molar-refractivity contribution in [1.29, 1.82) is 0 Å². The van der Waals surface area contributed by atoms with Gasteiger partial charge >= 0.3 is 11.9 Å². The molecule has 0 bridgehead atoms. The van der Waals surface area contributed by atoms with Gasteiger partial charge in [-0.15, -0.1) is 0 Å². The molecule has 2 N–H and O–H groups in total. The fourth-order valence-corrected chi connectivity index (χ4v) is 4.08. The molecule has 1 saturated carbocycles. The van der Waals surface area contributed by atoms with Crippen molar-refractivity contribution in [3.05, 3.63) is 0 Å². The van der Waals surface area contributed by atoms with E-state index < -0.39 is 38.4 Å². The quantitative estimate of drug-likeness (QED) is 0.729. The van der Waals surface area contributed by atoms with E-state index in [2.05, 4.69) is 0 Å². The fraction of sp³-hybridized carbons (Fsp3) is 0.778. The first-order valence-electron chi connectivity index (χ1n) is 4.78. The van der Waals surface area contributed by atoms with Crippen LogP contribution in [0.1, 0.15) is 19.8 Å². The Morgan fingerprint density at radius 3 is 2.00 bits per heavy atom. The summed E-state index contributed by atoms with van der Waals surface area (Å²) >= 11 is 0. The number of carboxylic acids is 2. The van der Waals surface area contributed by atoms with Gasteiger partial charge in [-0.3, -0.25) is 9.59 Å². The molecule has 92 valence electrons. The van der Waals surface area contributed by atoms with Crippen molar-refractivity contribution in [2.24, 2.45) is 11.8 Å². The van der Waals surface area contributed by atoms with E-state index in [1.807, 2.05) is 0 Å². The Hall–Kier alpha value is -1.11. The minimum atomic E-state index is -3.84. The van der Waals surface area contributed by atoms with Gasteiger partial charge < -0.3 is 10.2 Å². The predicted octanol–water partition coefficient (Wildman–Crippen LogP) is -0.0149. The van der Waals surface area contributed by atoms with Gasteiger partial charge in [0.1, 0.15) is 0 Å². The maximum Gasteiger partial charge on any atom is 0.325 e. The van der Waals surface area contributed by atoms with Gasteiger partial charge in [0.25, 0.3) is 0 Å². The van der Waals surface area contributed by atoms with Crippen LogP contribution in [0.4, 0.5) is 0 Å². The van der Waals surface area contributed by atoms with Crippen LogP contribution in [0.2, 0.25) is 0 Å². The summed E-state index contributed by atoms with van der Waals surface area (Å²) in [6, 6.07) is 0. The van der Waals surface area contributed by atoms with Crippen molar-refractivity contribution >= 4 is 21.8 Å². The summed E-state index contributed by atoms with van der Waals surface area (Å²) in [6.07, 6.45) is 0.578. The van der Waals surface area contributed by atoms with Gasteiger partial charge in [-0.05, 0) is 18.8 Å². The molecule has 0 aromatic rings. The summed E-state index contributed by atoms with van der Waals surface area (Å²) in [7, 11) is -3.84. The Labute approximate surface area is 93.2 Å². The maximum atomic E-state index is 11.6. The van der Waals surface area contributed by atoms with E-state index in [1.165, 1.54) is 6.92 Å². The first-order chi connectivity index (χ1) is 7.13. The minimum absolute atomic E-state index is 0.0781. The average Bonchev–Trinajstić information content (AvgIpc) is 2.42. The summed E-state index contributed by atoms with van der Waals surface area (Å²) in [5.74, 6) is -4.19. The maximum absolute atomic E-state index is 11.6. The third-order valence-corrected chi connectivity index (χ3v) is 5.42. The van der Waals surface area contributed by atoms with Crippen molar-refractivity contribution in [1.82, 2.24) is 0 Å². The van der Waals surface area contributed by atoms with Gasteiger partial charge in [0.2, 0.25) is 0 Å². The second-order valence-electron chi connectivity index (χ2n) is 4.34. The summed E-state index contributed by atoms with van der Waals surface area (Å²) in [6.45, 7) is 1.47. The number of aliphatic carboxylic acids is 2. The first kappa shape index (κ1) is 13.0. The molecule has 16 heavy (non-hydrogen) atoms. The molecular formula is C9H14O6S. The molecule has 0 aliphatic heterocycles. The Morgan fingerprint density at radius 2 is 1.81 bits per heavy atom. The van der Waals surface area contributed by atoms with Gasteiger partial charge in [0.15, 0.2) is 14.6 Å². The normalized spacial score (nSPS) is 34.9. The van der Waals surface area contributed by atoms with Crippen LogP contribution in [-0.4, -0.2) is 41.6 Å². The van der Waals surface area contributed by atoms with Crippen molar-refractivity contribution < 1.29 is 28.2 Å². The Balaban J connectivity index is 3.26. The van der Waals surface area contributed by atoms with Gasteiger partial charge in [-0.2, -0.15) is 0 Å². The number of hydrogen-bond acceptors (Lipinski definition) is 4. The third kappa shape index (κ3) is 1.68. The fourth-order valence-electron chi connectivity index (χ4n) is 2.43. The lowest BCUT2D eigenvalue weighted by atomic mass is 9.97. The number of rotatable bonds is 3. The molecule has 0 spiro atoms. The topological polar surface area (TPSA) is 109 Å². The summed E-state index contributed by atoms with van der Waals surface area (Å²) in [5, 5.41) is 17.9. The molecule has 1 fully saturated rings. The molecule has 0 aromatic heterocycles. The van der Waals surface area contributed by atoms with Crippen LogP contribution in [0.25, 0.3) is 0 Å². The molecule has 0 saturated heterocycles. The largest absolute Gasteiger partial charge is 0.481 e. The second-order valence-corrected chi connectivity index (χ2v) is 6.62. The lowest BCUT2D eigenvalue weighted by Crippen LogP contribution is -2.48. The highest BCUT2D eigenvalue weighted by Gasteiger charge is 2.59. The zero-order valence-corrected chi connectivity index (χ0v) is 9.82. The van der Waals surface area contributed by atoms with Crippen LogP contribution in [0.5, 0.6) is 0 Å². The Bertz CT molecular complexity index is 425. The van der Waals surface area contributed by atoms with Gasteiger partial charge in [0, 0.05) is 6.26 Å². The minimum Gasteiger partial charge on any atom is -0.481 e. The predicted molar refractivity (Wildman–Crippen MR) is 54.7 cm³/mol. The van der Waals surface area contributed by atoms with Crippen LogP contribution in [0.3, 0.4) is 0 Å². The lowest BCUT2D eigenvalue weighted by Gasteiger charge is -2.26. The van der Waals surface area contributed by atoms with Crippen LogP contribution in [-0.2, 0) is 19.4 Å². The third-order valence-electron chi connectivity index (χ3n) is 3.36. The zero-order valence-electron chi connectivity index (χ0n) is 9.00. The van der Waals surface area contributed by atoms with Crippen LogP contribution < -0.4 is 0 Å². The Morgan fingerprint density at radius 1 is 1.31 bits per heavy atom. The molecule has 3 atom stereocenters. The average molecular weight is 250 g/mol. The van der Waals surface area contributed by atoms with E-state index >= 15 is 0 Å². The summed E-state index contributed by atoms with van der Waals surface area (Å²) in [4.78, 5) is 22.0. The zero-order chi connectivity index (χ0) is 12.7. The SMILES string of the molecule is C[C@H]1C[C@@H](C(=O)O)C[C@@]1(C(=O)O)S(C)(=O)=O. The summed E-state index contributed by atoms with van der Waals surface area (Å²) in [5.41, 5.74) is 0. The molecule has 1 aliphatic rings. The standard InChI is InChI=1S/C9H14O6S/c1-5-3-6(7(10)11)4-9(5,8(12)13)16(2,14)15/h5-6H,3-4H2,1-2H3,(H,10,11)(H,12,13)/t5-,6+,9+/m0/s1. The number of sulfone groups is 1. The van der Waals surface area contributed by atoms with Gasteiger partial charge in [0.05, 0.1) is 5.92 Å². The molecule has 1 aliphatic carbocycles. The van der Waals surface area contributed by atoms with Crippen LogP contribution >= 0.6 is 0 Å². The molecule has 0 amide bonds. The van der Waals surface area contributed by atoms with Crippen molar-refractivity contribution in [2.75, 3.05) is 6.26 Å². The summed E-state index contributed by atoms with van der Waals surface area (Å²) < 4.78 is 21.3. The highest BCUT2D eigenvalue weighted by Crippen LogP contribution is 2.45. The first-order valence-corrected chi connectivity index (χ1v) is 6.68. The second kappa shape index (κ2) is 3.73. The van der Waals surface area contributed by atoms with E-state index in [0.29, 0.717) is 0 Å². The van der Waals surface area contributed by atoms with Gasteiger partial charge in [-0.1, -0.05) is 6.92 Å². The highest BCUT2D eigenvalue weighted by atomic mass is 32.2. The lowest BCUT2D eigenvalue weighted by molar-refractivity contribution is -0.142. The number of carboxylic acid groups (broad SMARTS) is 2. The van der Waals surface area contributed by atoms with E-state index in [1.54, 1.807) is 0 Å². The van der Waals surface area contributed by atoms with E-state index in [9.17, 15) is 18.0 Å².